The minimum atomic E-state index is 0.610. The molecule has 8 aromatic carbocycles. The fourth-order valence-corrected chi connectivity index (χ4v) is 7.89. The maximum Gasteiger partial charge on any atom is 0.164 e. The highest BCUT2D eigenvalue weighted by Gasteiger charge is 2.16. The monoisotopic (exact) mass is 781 g/mol. The van der Waals surface area contributed by atoms with Crippen molar-refractivity contribution in [1.82, 2.24) is 24.9 Å². The van der Waals surface area contributed by atoms with Crippen molar-refractivity contribution in [2.75, 3.05) is 0 Å². The number of aromatic nitrogens is 5. The van der Waals surface area contributed by atoms with Gasteiger partial charge in [-0.05, 0) is 41.0 Å². The molecule has 0 aliphatic carbocycles. The third-order valence-electron chi connectivity index (χ3n) is 11.0. The Bertz CT molecular complexity index is 3290. The van der Waals surface area contributed by atoms with Gasteiger partial charge in [-0.15, -0.1) is 0 Å². The van der Waals surface area contributed by atoms with Crippen LogP contribution in [-0.2, 0) is 0 Å². The number of furan rings is 1. The maximum atomic E-state index is 6.37. The minimum absolute atomic E-state index is 0.610. The molecule has 0 N–H and O–H groups in total. The second-order valence-corrected chi connectivity index (χ2v) is 14.9. The van der Waals surface area contributed by atoms with Gasteiger partial charge in [0.1, 0.15) is 11.2 Å². The number of benzene rings is 8. The largest absolute Gasteiger partial charge is 0.455 e. The Morgan fingerprint density at radius 2 is 0.689 bits per heavy atom. The van der Waals surface area contributed by atoms with Gasteiger partial charge in [0.15, 0.2) is 23.3 Å². The third kappa shape index (κ3) is 7.02. The lowest BCUT2D eigenvalue weighted by molar-refractivity contribution is 0.670. The molecule has 3 aromatic heterocycles. The lowest BCUT2D eigenvalue weighted by atomic mass is 9.98. The van der Waals surface area contributed by atoms with Crippen molar-refractivity contribution in [2.24, 2.45) is 0 Å². The molecule has 0 fully saturated rings. The molecule has 0 aliphatic rings. The molecule has 0 spiro atoms. The van der Waals surface area contributed by atoms with E-state index < -0.39 is 0 Å². The first-order valence-electron chi connectivity index (χ1n) is 20.2. The fraction of sp³-hybridized carbons (Fsp3) is 0. The zero-order valence-corrected chi connectivity index (χ0v) is 32.9. The Hall–Kier alpha value is -8.35. The van der Waals surface area contributed by atoms with Gasteiger partial charge < -0.3 is 4.42 Å². The SMILES string of the molecule is c1ccc(-c2nc(-c3ccc(-c4cccc5c4oc4ccccc45)cc3)cc(-c3cccc(-c4cccc(-c5nc(-c6ccccc6)nc(-c6ccccc6)n5)c4)c3)n2)cc1. The van der Waals surface area contributed by atoms with Crippen LogP contribution in [0.25, 0.3) is 112 Å². The summed E-state index contributed by atoms with van der Waals surface area (Å²) in [7, 11) is 0. The van der Waals surface area contributed by atoms with E-state index in [1.807, 2.05) is 97.1 Å². The second kappa shape index (κ2) is 15.4. The number of hydrogen-bond donors (Lipinski definition) is 0. The first-order chi connectivity index (χ1) is 30.2. The van der Waals surface area contributed by atoms with Crippen molar-refractivity contribution >= 4 is 21.9 Å². The van der Waals surface area contributed by atoms with E-state index in [1.54, 1.807) is 0 Å². The Morgan fingerprint density at radius 1 is 0.262 bits per heavy atom. The zero-order chi connectivity index (χ0) is 40.5. The maximum absolute atomic E-state index is 6.37. The predicted octanol–water partition coefficient (Wildman–Crippen LogP) is 13.9. The number of hydrogen-bond acceptors (Lipinski definition) is 6. The van der Waals surface area contributed by atoms with Crippen molar-refractivity contribution in [1.29, 1.82) is 0 Å². The summed E-state index contributed by atoms with van der Waals surface area (Å²) in [6.45, 7) is 0. The van der Waals surface area contributed by atoms with E-state index in [1.165, 1.54) is 0 Å². The molecule has 0 saturated heterocycles. The van der Waals surface area contributed by atoms with Crippen molar-refractivity contribution in [2.45, 2.75) is 0 Å². The molecule has 0 aliphatic heterocycles. The molecule has 6 nitrogen and oxygen atoms in total. The van der Waals surface area contributed by atoms with Gasteiger partial charge in [-0.2, -0.15) is 0 Å². The molecule has 3 heterocycles. The van der Waals surface area contributed by atoms with Crippen molar-refractivity contribution < 1.29 is 4.42 Å². The molecule has 11 rings (SSSR count). The zero-order valence-electron chi connectivity index (χ0n) is 32.9. The summed E-state index contributed by atoms with van der Waals surface area (Å²) in [5.74, 6) is 2.53. The topological polar surface area (TPSA) is 77.6 Å². The molecule has 286 valence electrons. The molecule has 6 heteroatoms. The van der Waals surface area contributed by atoms with E-state index in [9.17, 15) is 0 Å². The van der Waals surface area contributed by atoms with E-state index in [4.69, 9.17) is 29.3 Å². The summed E-state index contributed by atoms with van der Waals surface area (Å²) >= 11 is 0. The second-order valence-electron chi connectivity index (χ2n) is 14.9. The van der Waals surface area contributed by atoms with Crippen LogP contribution < -0.4 is 0 Å². The number of para-hydroxylation sites is 2. The minimum Gasteiger partial charge on any atom is -0.455 e. The van der Waals surface area contributed by atoms with Crippen molar-refractivity contribution in [3.05, 3.63) is 212 Å². The third-order valence-corrected chi connectivity index (χ3v) is 11.0. The highest BCUT2D eigenvalue weighted by molar-refractivity contribution is 6.09. The van der Waals surface area contributed by atoms with Gasteiger partial charge in [0.25, 0.3) is 0 Å². The first kappa shape index (κ1) is 35.8. The predicted molar refractivity (Wildman–Crippen MR) is 246 cm³/mol. The van der Waals surface area contributed by atoms with Crippen LogP contribution in [0.1, 0.15) is 0 Å². The smallest absolute Gasteiger partial charge is 0.164 e. The van der Waals surface area contributed by atoms with Crippen LogP contribution in [0.15, 0.2) is 217 Å². The van der Waals surface area contributed by atoms with Gasteiger partial charge in [0.05, 0.1) is 11.4 Å². The van der Waals surface area contributed by atoms with Crippen molar-refractivity contribution in [3.8, 4) is 90.3 Å². The number of rotatable bonds is 8. The Kier molecular flexibility index (Phi) is 9.06. The summed E-state index contributed by atoms with van der Waals surface area (Å²) in [6, 6.07) is 72.3. The highest BCUT2D eigenvalue weighted by atomic mass is 16.3. The van der Waals surface area contributed by atoms with E-state index in [-0.39, 0.29) is 0 Å². The number of fused-ring (bicyclic) bond motifs is 3. The van der Waals surface area contributed by atoms with Gasteiger partial charge in [0.2, 0.25) is 0 Å². The summed E-state index contributed by atoms with van der Waals surface area (Å²) in [6.07, 6.45) is 0. The molecular weight excluding hydrogens is 747 g/mol. The molecule has 0 amide bonds. The van der Waals surface area contributed by atoms with Crippen LogP contribution in [0, 0.1) is 0 Å². The van der Waals surface area contributed by atoms with Crippen LogP contribution in [0.4, 0.5) is 0 Å². The van der Waals surface area contributed by atoms with Gasteiger partial charge in [0, 0.05) is 49.7 Å². The van der Waals surface area contributed by atoms with Gasteiger partial charge in [-0.25, -0.2) is 24.9 Å². The van der Waals surface area contributed by atoms with Gasteiger partial charge in [-0.3, -0.25) is 0 Å². The summed E-state index contributed by atoms with van der Waals surface area (Å²) in [4.78, 5) is 25.1. The molecule has 11 aromatic rings. The summed E-state index contributed by atoms with van der Waals surface area (Å²) < 4.78 is 6.37. The Morgan fingerprint density at radius 3 is 1.31 bits per heavy atom. The average Bonchev–Trinajstić information content (AvgIpc) is 3.74. The molecule has 0 atom stereocenters. The van der Waals surface area contributed by atoms with Gasteiger partial charge in [-0.1, -0.05) is 188 Å². The fourth-order valence-electron chi connectivity index (χ4n) is 7.89. The van der Waals surface area contributed by atoms with Crippen LogP contribution in [-0.4, -0.2) is 24.9 Å². The van der Waals surface area contributed by atoms with E-state index in [0.717, 1.165) is 89.0 Å². The Labute approximate surface area is 352 Å². The quantitative estimate of drug-likeness (QED) is 0.153. The Balaban J connectivity index is 0.966. The van der Waals surface area contributed by atoms with E-state index >= 15 is 0 Å². The molecule has 61 heavy (non-hydrogen) atoms. The molecular formula is C55H35N5O. The molecule has 0 saturated carbocycles. The van der Waals surface area contributed by atoms with Crippen LogP contribution in [0.2, 0.25) is 0 Å². The highest BCUT2D eigenvalue weighted by Crippen LogP contribution is 2.37. The lowest BCUT2D eigenvalue weighted by Crippen LogP contribution is -2.00. The van der Waals surface area contributed by atoms with Crippen LogP contribution in [0.5, 0.6) is 0 Å². The summed E-state index contributed by atoms with van der Waals surface area (Å²) in [5.41, 5.74) is 13.3. The van der Waals surface area contributed by atoms with Crippen LogP contribution >= 0.6 is 0 Å². The van der Waals surface area contributed by atoms with Crippen molar-refractivity contribution in [3.63, 3.8) is 0 Å². The lowest BCUT2D eigenvalue weighted by Gasteiger charge is -2.12. The number of nitrogens with zero attached hydrogens (tertiary/aromatic N) is 5. The molecule has 0 radical (unpaired) electrons. The van der Waals surface area contributed by atoms with E-state index in [2.05, 4.69) is 115 Å². The molecule has 0 unspecified atom stereocenters. The van der Waals surface area contributed by atoms with E-state index in [0.29, 0.717) is 23.3 Å². The standard InChI is InChI=1S/C55H35N5O/c1-4-15-38(16-5-1)52-56-48(37-31-29-36(30-32-37)45-26-14-27-47-46-25-10-11-28-50(46)61-51(45)47)35-49(57-52)43-23-12-21-41(33-43)42-22-13-24-44(34-42)55-59-53(39-17-6-2-7-18-39)58-54(60-55)40-19-8-3-9-20-40/h1-35H. The molecule has 0 bridgehead atoms. The van der Waals surface area contributed by atoms with Crippen LogP contribution in [0.3, 0.4) is 0 Å². The normalized spacial score (nSPS) is 11.3. The average molecular weight is 782 g/mol. The first-order valence-corrected chi connectivity index (χ1v) is 20.2. The van der Waals surface area contributed by atoms with Gasteiger partial charge >= 0.3 is 0 Å². The summed E-state index contributed by atoms with van der Waals surface area (Å²) in [5, 5.41) is 2.23.